The van der Waals surface area contributed by atoms with Gasteiger partial charge in [-0.25, -0.2) is 0 Å². The predicted molar refractivity (Wildman–Crippen MR) is 92.0 cm³/mol. The molecule has 3 atom stereocenters. The third-order valence-electron chi connectivity index (χ3n) is 5.12. The number of hydrogen-bond acceptors (Lipinski definition) is 5. The van der Waals surface area contributed by atoms with Gasteiger partial charge in [0, 0.05) is 18.5 Å². The van der Waals surface area contributed by atoms with E-state index in [9.17, 15) is 4.79 Å². The molecule has 0 spiro atoms. The first-order valence-corrected chi connectivity index (χ1v) is 8.83. The summed E-state index contributed by atoms with van der Waals surface area (Å²) in [5.74, 6) is 0.891. The molecule has 1 aliphatic carbocycles. The number of furan rings is 1. The van der Waals surface area contributed by atoms with Gasteiger partial charge in [-0.2, -0.15) is 0 Å². The van der Waals surface area contributed by atoms with E-state index < -0.39 is 0 Å². The van der Waals surface area contributed by atoms with Crippen molar-refractivity contribution in [3.8, 4) is 5.75 Å². The van der Waals surface area contributed by atoms with Gasteiger partial charge in [0.15, 0.2) is 17.1 Å². The number of benzene rings is 1. The Bertz CT molecular complexity index is 770. The Kier molecular flexibility index (Phi) is 4.39. The Morgan fingerprint density at radius 1 is 1.36 bits per heavy atom. The SMILES string of the molecule is CCO[C@H]1CC[C@@H]2[C@@H]1OCCN2C(=O)c1cc2cccc(OC)c2o1. The molecule has 0 radical (unpaired) electrons. The van der Waals surface area contributed by atoms with Crippen LogP contribution in [-0.2, 0) is 9.47 Å². The van der Waals surface area contributed by atoms with Crippen LogP contribution >= 0.6 is 0 Å². The molecule has 25 heavy (non-hydrogen) atoms. The first-order chi connectivity index (χ1) is 12.2. The maximum absolute atomic E-state index is 13.1. The summed E-state index contributed by atoms with van der Waals surface area (Å²) in [6.07, 6.45) is 1.84. The second kappa shape index (κ2) is 6.69. The molecule has 6 heteroatoms. The molecule has 0 N–H and O–H groups in total. The number of amides is 1. The highest BCUT2D eigenvalue weighted by Gasteiger charge is 2.45. The Morgan fingerprint density at radius 2 is 2.24 bits per heavy atom. The van der Waals surface area contributed by atoms with Crippen molar-refractivity contribution in [1.29, 1.82) is 0 Å². The van der Waals surface area contributed by atoms with Crippen molar-refractivity contribution in [2.45, 2.75) is 38.0 Å². The number of rotatable bonds is 4. The molecule has 134 valence electrons. The van der Waals surface area contributed by atoms with Gasteiger partial charge in [0.1, 0.15) is 6.10 Å². The first kappa shape index (κ1) is 16.4. The first-order valence-electron chi connectivity index (χ1n) is 8.83. The van der Waals surface area contributed by atoms with Crippen LogP contribution in [0, 0.1) is 0 Å². The molecular weight excluding hydrogens is 322 g/mol. The van der Waals surface area contributed by atoms with Gasteiger partial charge in [0.2, 0.25) is 0 Å². The monoisotopic (exact) mass is 345 g/mol. The molecule has 1 aliphatic heterocycles. The summed E-state index contributed by atoms with van der Waals surface area (Å²) in [7, 11) is 1.59. The number of nitrogens with zero attached hydrogens (tertiary/aromatic N) is 1. The van der Waals surface area contributed by atoms with Crippen molar-refractivity contribution < 1.29 is 23.4 Å². The minimum absolute atomic E-state index is 0.0448. The van der Waals surface area contributed by atoms with Crippen molar-refractivity contribution >= 4 is 16.9 Å². The van der Waals surface area contributed by atoms with Crippen LogP contribution < -0.4 is 4.74 Å². The summed E-state index contributed by atoms with van der Waals surface area (Å²) in [4.78, 5) is 15.0. The number of carbonyl (C=O) groups excluding carboxylic acids is 1. The maximum Gasteiger partial charge on any atom is 0.290 e. The van der Waals surface area contributed by atoms with Gasteiger partial charge < -0.3 is 23.5 Å². The van der Waals surface area contributed by atoms with Crippen molar-refractivity contribution in [1.82, 2.24) is 4.90 Å². The van der Waals surface area contributed by atoms with Crippen molar-refractivity contribution in [2.75, 3.05) is 26.9 Å². The number of hydrogen-bond donors (Lipinski definition) is 0. The van der Waals surface area contributed by atoms with E-state index in [1.165, 1.54) is 0 Å². The average Bonchev–Trinajstić information content (AvgIpc) is 3.25. The summed E-state index contributed by atoms with van der Waals surface area (Å²) >= 11 is 0. The standard InChI is InChI=1S/C19H23NO5/c1-3-23-15-8-7-13-18(15)24-10-9-20(13)19(21)16-11-12-5-4-6-14(22-2)17(12)25-16/h4-6,11,13,15,18H,3,7-10H2,1-2H3/t13-,15+,18+/m1/s1. The fourth-order valence-electron chi connectivity index (χ4n) is 4.00. The van der Waals surface area contributed by atoms with Crippen molar-refractivity contribution in [2.24, 2.45) is 0 Å². The number of ether oxygens (including phenoxy) is 3. The van der Waals surface area contributed by atoms with Crippen LogP contribution in [0.1, 0.15) is 30.3 Å². The zero-order chi connectivity index (χ0) is 17.4. The van der Waals surface area contributed by atoms with Gasteiger partial charge in [0.25, 0.3) is 5.91 Å². The highest BCUT2D eigenvalue weighted by atomic mass is 16.5. The number of fused-ring (bicyclic) bond motifs is 2. The van der Waals surface area contributed by atoms with E-state index in [0.717, 1.165) is 18.2 Å². The summed E-state index contributed by atoms with van der Waals surface area (Å²) in [5, 5.41) is 0.867. The van der Waals surface area contributed by atoms with Gasteiger partial charge in [-0.05, 0) is 31.9 Å². The quantitative estimate of drug-likeness (QED) is 0.853. The highest BCUT2D eigenvalue weighted by molar-refractivity contribution is 5.97. The predicted octanol–water partition coefficient (Wildman–Crippen LogP) is 2.85. The minimum Gasteiger partial charge on any atom is -0.493 e. The van der Waals surface area contributed by atoms with Gasteiger partial charge in [-0.1, -0.05) is 12.1 Å². The molecule has 1 amide bonds. The molecule has 1 aromatic carbocycles. The normalized spacial score (nSPS) is 26.0. The van der Waals surface area contributed by atoms with Crippen LogP contribution in [-0.4, -0.2) is 55.9 Å². The van der Waals surface area contributed by atoms with Crippen LogP contribution in [0.3, 0.4) is 0 Å². The average molecular weight is 345 g/mol. The van der Waals surface area contributed by atoms with E-state index in [1.807, 2.05) is 30.0 Å². The minimum atomic E-state index is -0.0892. The summed E-state index contributed by atoms with van der Waals surface area (Å²) < 4.78 is 22.9. The molecule has 2 fully saturated rings. The lowest BCUT2D eigenvalue weighted by Crippen LogP contribution is -2.53. The molecule has 2 aromatic rings. The molecule has 1 saturated carbocycles. The van der Waals surface area contributed by atoms with Crippen molar-refractivity contribution in [3.63, 3.8) is 0 Å². The zero-order valence-electron chi connectivity index (χ0n) is 14.6. The fourth-order valence-corrected chi connectivity index (χ4v) is 4.00. The van der Waals surface area contributed by atoms with Gasteiger partial charge >= 0.3 is 0 Å². The summed E-state index contributed by atoms with van der Waals surface area (Å²) in [6.45, 7) is 3.75. The second-order valence-electron chi connectivity index (χ2n) is 6.46. The third-order valence-corrected chi connectivity index (χ3v) is 5.12. The van der Waals surface area contributed by atoms with Crippen LogP contribution in [0.15, 0.2) is 28.7 Å². The molecule has 2 aliphatic rings. The lowest BCUT2D eigenvalue weighted by Gasteiger charge is -2.38. The summed E-state index contributed by atoms with van der Waals surface area (Å²) in [6, 6.07) is 7.47. The molecule has 0 bridgehead atoms. The number of morpholine rings is 1. The fraction of sp³-hybridized carbons (Fsp3) is 0.526. The number of methoxy groups -OCH3 is 1. The van der Waals surface area contributed by atoms with Crippen molar-refractivity contribution in [3.05, 3.63) is 30.0 Å². The Morgan fingerprint density at radius 3 is 3.04 bits per heavy atom. The smallest absolute Gasteiger partial charge is 0.290 e. The zero-order valence-corrected chi connectivity index (χ0v) is 14.6. The molecule has 2 heterocycles. The molecule has 6 nitrogen and oxygen atoms in total. The Labute approximate surface area is 146 Å². The topological polar surface area (TPSA) is 61.1 Å². The highest BCUT2D eigenvalue weighted by Crippen LogP contribution is 2.34. The lowest BCUT2D eigenvalue weighted by molar-refractivity contribution is -0.103. The maximum atomic E-state index is 13.1. The van der Waals surface area contributed by atoms with Crippen LogP contribution in [0.2, 0.25) is 0 Å². The largest absolute Gasteiger partial charge is 0.493 e. The number of carbonyl (C=O) groups is 1. The third kappa shape index (κ3) is 2.79. The summed E-state index contributed by atoms with van der Waals surface area (Å²) in [5.41, 5.74) is 0.608. The van der Waals surface area contributed by atoms with E-state index in [2.05, 4.69) is 0 Å². The molecule has 1 saturated heterocycles. The molecule has 0 unspecified atom stereocenters. The van der Waals surface area contributed by atoms with Crippen LogP contribution in [0.5, 0.6) is 5.75 Å². The van der Waals surface area contributed by atoms with E-state index in [1.54, 1.807) is 13.2 Å². The van der Waals surface area contributed by atoms with E-state index in [-0.39, 0.29) is 24.2 Å². The van der Waals surface area contributed by atoms with E-state index in [4.69, 9.17) is 18.6 Å². The lowest BCUT2D eigenvalue weighted by atomic mass is 10.1. The molecular formula is C19H23NO5. The van der Waals surface area contributed by atoms with Gasteiger partial charge in [-0.3, -0.25) is 4.79 Å². The van der Waals surface area contributed by atoms with Crippen LogP contribution in [0.4, 0.5) is 0 Å². The number of para-hydroxylation sites is 1. The second-order valence-corrected chi connectivity index (χ2v) is 6.46. The Hall–Kier alpha value is -2.05. The molecule has 1 aromatic heterocycles. The van der Waals surface area contributed by atoms with E-state index >= 15 is 0 Å². The Balaban J connectivity index is 1.60. The van der Waals surface area contributed by atoms with Gasteiger partial charge in [-0.15, -0.1) is 0 Å². The molecule has 4 rings (SSSR count). The van der Waals surface area contributed by atoms with Gasteiger partial charge in [0.05, 0.1) is 25.9 Å². The van der Waals surface area contributed by atoms with Crippen LogP contribution in [0.25, 0.3) is 11.0 Å². The van der Waals surface area contributed by atoms with E-state index in [0.29, 0.717) is 36.9 Å².